The number of hydrogen-bond donors (Lipinski definition) is 2. The Hall–Kier alpha value is -4.72. The molecule has 0 spiro atoms. The number of rotatable bonds is 6. The topological polar surface area (TPSA) is 102 Å². The number of nitrogens with zero attached hydrogens (tertiary/aromatic N) is 3. The van der Waals surface area contributed by atoms with E-state index in [0.717, 1.165) is 28.8 Å². The van der Waals surface area contributed by atoms with Gasteiger partial charge in [0, 0.05) is 23.7 Å². The number of nitrogens with one attached hydrogen (secondary N) is 2. The van der Waals surface area contributed by atoms with Crippen molar-refractivity contribution in [1.29, 1.82) is 0 Å². The van der Waals surface area contributed by atoms with Crippen LogP contribution in [0.2, 0.25) is 0 Å². The smallest absolute Gasteiger partial charge is 0.337 e. The molecule has 168 valence electrons. The second-order valence-corrected chi connectivity index (χ2v) is 7.75. The van der Waals surface area contributed by atoms with Gasteiger partial charge in [-0.15, -0.1) is 0 Å². The molecule has 0 radical (unpaired) electrons. The number of aromatic amines is 1. The van der Waals surface area contributed by atoms with Gasteiger partial charge in [0.05, 0.1) is 35.7 Å². The van der Waals surface area contributed by atoms with Crippen molar-refractivity contribution in [2.24, 2.45) is 0 Å². The van der Waals surface area contributed by atoms with Crippen LogP contribution in [0.25, 0.3) is 22.3 Å². The van der Waals surface area contributed by atoms with Gasteiger partial charge in [0.1, 0.15) is 0 Å². The van der Waals surface area contributed by atoms with Crippen LogP contribution in [0.3, 0.4) is 0 Å². The SMILES string of the molecule is COC(=O)c1ccc(C(=O)Nc2cc(-c3ccc4ncn(Cc5ccccc5)c4c3)[nH]n2)cc1. The maximum Gasteiger partial charge on any atom is 0.337 e. The van der Waals surface area contributed by atoms with Crippen molar-refractivity contribution in [3.8, 4) is 11.3 Å². The summed E-state index contributed by atoms with van der Waals surface area (Å²) in [7, 11) is 1.31. The molecule has 8 heteroatoms. The van der Waals surface area contributed by atoms with Gasteiger partial charge < -0.3 is 14.6 Å². The molecule has 3 aromatic carbocycles. The third-order valence-corrected chi connectivity index (χ3v) is 5.52. The number of ether oxygens (including phenoxy) is 1. The van der Waals surface area contributed by atoms with Gasteiger partial charge in [-0.3, -0.25) is 9.89 Å². The summed E-state index contributed by atoms with van der Waals surface area (Å²) in [4.78, 5) is 28.6. The van der Waals surface area contributed by atoms with Crippen molar-refractivity contribution < 1.29 is 14.3 Å². The highest BCUT2D eigenvalue weighted by Crippen LogP contribution is 2.25. The molecule has 0 unspecified atom stereocenters. The van der Waals surface area contributed by atoms with Gasteiger partial charge in [0.15, 0.2) is 5.82 Å². The maximum atomic E-state index is 12.6. The van der Waals surface area contributed by atoms with E-state index in [0.29, 0.717) is 16.9 Å². The molecule has 8 nitrogen and oxygen atoms in total. The van der Waals surface area contributed by atoms with Crippen LogP contribution in [0.1, 0.15) is 26.3 Å². The number of imidazole rings is 1. The number of aromatic nitrogens is 4. The van der Waals surface area contributed by atoms with Gasteiger partial charge in [0.2, 0.25) is 0 Å². The van der Waals surface area contributed by atoms with Crippen LogP contribution >= 0.6 is 0 Å². The van der Waals surface area contributed by atoms with Crippen LogP contribution < -0.4 is 5.32 Å². The van der Waals surface area contributed by atoms with E-state index in [1.807, 2.05) is 36.7 Å². The van der Waals surface area contributed by atoms with E-state index in [4.69, 9.17) is 0 Å². The second-order valence-electron chi connectivity index (χ2n) is 7.75. The van der Waals surface area contributed by atoms with Gasteiger partial charge in [-0.25, -0.2) is 9.78 Å². The lowest BCUT2D eigenvalue weighted by molar-refractivity contribution is 0.0600. The van der Waals surface area contributed by atoms with E-state index in [9.17, 15) is 9.59 Å². The number of H-pyrrole nitrogens is 1. The minimum atomic E-state index is -0.453. The third-order valence-electron chi connectivity index (χ3n) is 5.52. The number of fused-ring (bicyclic) bond motifs is 1. The Morgan fingerprint density at radius 1 is 0.971 bits per heavy atom. The number of hydrogen-bond acceptors (Lipinski definition) is 5. The fraction of sp³-hybridized carbons (Fsp3) is 0.0769. The van der Waals surface area contributed by atoms with E-state index >= 15 is 0 Å². The van der Waals surface area contributed by atoms with Crippen LogP contribution in [-0.2, 0) is 11.3 Å². The monoisotopic (exact) mass is 451 g/mol. The molecule has 0 saturated heterocycles. The van der Waals surface area contributed by atoms with Gasteiger partial charge in [-0.05, 0) is 42.0 Å². The first-order valence-corrected chi connectivity index (χ1v) is 10.6. The minimum absolute atomic E-state index is 0.328. The van der Waals surface area contributed by atoms with Crippen LogP contribution in [0.4, 0.5) is 5.82 Å². The average Bonchev–Trinajstić information content (AvgIpc) is 3.51. The normalized spacial score (nSPS) is 10.9. The van der Waals surface area contributed by atoms with Gasteiger partial charge in [-0.1, -0.05) is 36.4 Å². The van der Waals surface area contributed by atoms with Gasteiger partial charge in [-0.2, -0.15) is 5.10 Å². The first-order chi connectivity index (χ1) is 16.6. The average molecular weight is 451 g/mol. The number of benzene rings is 3. The Balaban J connectivity index is 1.34. The highest BCUT2D eigenvalue weighted by molar-refractivity contribution is 6.04. The van der Waals surface area contributed by atoms with Crippen molar-refractivity contribution >= 4 is 28.7 Å². The molecule has 5 aromatic rings. The van der Waals surface area contributed by atoms with Crippen molar-refractivity contribution in [3.05, 3.63) is 102 Å². The Bertz CT molecular complexity index is 1470. The molecule has 0 aliphatic heterocycles. The molecular weight excluding hydrogens is 430 g/mol. The third kappa shape index (κ3) is 4.29. The Morgan fingerprint density at radius 2 is 1.74 bits per heavy atom. The number of carbonyl (C=O) groups excluding carboxylic acids is 2. The number of esters is 1. The fourth-order valence-electron chi connectivity index (χ4n) is 3.73. The standard InChI is InChI=1S/C26H21N5O3/c1-34-26(33)19-9-7-18(8-10-19)25(32)28-24-14-22(29-30-24)20-11-12-21-23(13-20)31(16-27-21)15-17-5-3-2-4-6-17/h2-14,16H,15H2,1H3,(H2,28,29,30,32). The van der Waals surface area contributed by atoms with Gasteiger partial charge >= 0.3 is 5.97 Å². The van der Waals surface area contributed by atoms with Crippen molar-refractivity contribution in [3.63, 3.8) is 0 Å². The summed E-state index contributed by atoms with van der Waals surface area (Å²) in [6.45, 7) is 0.722. The quantitative estimate of drug-likeness (QED) is 0.370. The summed E-state index contributed by atoms with van der Waals surface area (Å²) in [5, 5.41) is 9.97. The zero-order valence-corrected chi connectivity index (χ0v) is 18.4. The molecule has 0 aliphatic rings. The van der Waals surface area contributed by atoms with E-state index in [1.165, 1.54) is 12.7 Å². The van der Waals surface area contributed by atoms with Crippen LogP contribution in [0.15, 0.2) is 85.2 Å². The molecule has 0 atom stereocenters. The van der Waals surface area contributed by atoms with Crippen molar-refractivity contribution in [1.82, 2.24) is 19.7 Å². The molecule has 0 fully saturated rings. The Labute approximate surface area is 195 Å². The Morgan fingerprint density at radius 3 is 2.50 bits per heavy atom. The lowest BCUT2D eigenvalue weighted by Gasteiger charge is -2.05. The molecule has 2 aromatic heterocycles. The van der Waals surface area contributed by atoms with Crippen molar-refractivity contribution in [2.45, 2.75) is 6.54 Å². The summed E-state index contributed by atoms with van der Waals surface area (Å²) in [6, 6.07) is 24.2. The zero-order chi connectivity index (χ0) is 23.5. The first kappa shape index (κ1) is 21.1. The summed E-state index contributed by atoms with van der Waals surface area (Å²) in [5.74, 6) is -0.383. The number of carbonyl (C=O) groups is 2. The maximum absolute atomic E-state index is 12.6. The fourth-order valence-corrected chi connectivity index (χ4v) is 3.73. The molecule has 0 saturated carbocycles. The predicted molar refractivity (Wildman–Crippen MR) is 129 cm³/mol. The molecule has 34 heavy (non-hydrogen) atoms. The zero-order valence-electron chi connectivity index (χ0n) is 18.4. The van der Waals surface area contributed by atoms with E-state index < -0.39 is 5.97 Å². The lowest BCUT2D eigenvalue weighted by Crippen LogP contribution is -2.12. The second kappa shape index (κ2) is 9.03. The highest BCUT2D eigenvalue weighted by atomic mass is 16.5. The summed E-state index contributed by atoms with van der Waals surface area (Å²) in [5.41, 5.74) is 5.59. The predicted octanol–water partition coefficient (Wildman–Crippen LogP) is 4.51. The van der Waals surface area contributed by atoms with Crippen molar-refractivity contribution in [2.75, 3.05) is 12.4 Å². The van der Waals surface area contributed by atoms with Gasteiger partial charge in [0.25, 0.3) is 5.91 Å². The van der Waals surface area contributed by atoms with E-state index in [1.54, 1.807) is 30.3 Å². The minimum Gasteiger partial charge on any atom is -0.465 e. The first-order valence-electron chi connectivity index (χ1n) is 10.6. The number of anilines is 1. The molecular formula is C26H21N5O3. The summed E-state index contributed by atoms with van der Waals surface area (Å²) < 4.78 is 6.78. The molecule has 0 bridgehead atoms. The van der Waals surface area contributed by atoms with E-state index in [2.05, 4.69) is 48.0 Å². The van der Waals surface area contributed by atoms with Crippen LogP contribution in [0.5, 0.6) is 0 Å². The Kier molecular flexibility index (Phi) is 5.61. The summed E-state index contributed by atoms with van der Waals surface area (Å²) >= 11 is 0. The molecule has 2 N–H and O–H groups in total. The highest BCUT2D eigenvalue weighted by Gasteiger charge is 2.12. The number of amides is 1. The van der Waals surface area contributed by atoms with Crippen LogP contribution in [-0.4, -0.2) is 38.7 Å². The molecule has 2 heterocycles. The number of methoxy groups -OCH3 is 1. The molecule has 1 amide bonds. The molecule has 5 rings (SSSR count). The lowest BCUT2D eigenvalue weighted by atomic mass is 10.1. The van der Waals surface area contributed by atoms with E-state index in [-0.39, 0.29) is 5.91 Å². The van der Waals surface area contributed by atoms with Crippen LogP contribution in [0, 0.1) is 0 Å². The molecule has 0 aliphatic carbocycles. The summed E-state index contributed by atoms with van der Waals surface area (Å²) in [6.07, 6.45) is 1.84. The largest absolute Gasteiger partial charge is 0.465 e.